The zero-order chi connectivity index (χ0) is 12.5. The number of alkyl halides is 5. The van der Waals surface area contributed by atoms with Crippen LogP contribution in [0.4, 0.5) is 22.0 Å². The fourth-order valence-corrected chi connectivity index (χ4v) is 1.77. The molecule has 0 amide bonds. The van der Waals surface area contributed by atoms with Gasteiger partial charge in [0.1, 0.15) is 0 Å². The van der Waals surface area contributed by atoms with Crippen molar-refractivity contribution in [3.8, 4) is 5.88 Å². The van der Waals surface area contributed by atoms with Crippen LogP contribution >= 0.6 is 22.6 Å². The van der Waals surface area contributed by atoms with Crippen molar-refractivity contribution in [1.29, 1.82) is 0 Å². The van der Waals surface area contributed by atoms with Gasteiger partial charge in [-0.3, -0.25) is 0 Å². The maximum atomic E-state index is 12.4. The van der Waals surface area contributed by atoms with E-state index in [2.05, 4.69) is 9.72 Å². The second-order valence-corrected chi connectivity index (χ2v) is 3.88. The topological polar surface area (TPSA) is 22.1 Å². The number of hydrogen-bond donors (Lipinski definition) is 0. The SMILES string of the molecule is COc1nc(C(F)(F)F)c(I)cc1C(F)F. The van der Waals surface area contributed by atoms with Gasteiger partial charge >= 0.3 is 6.18 Å². The van der Waals surface area contributed by atoms with E-state index in [0.29, 0.717) is 0 Å². The molecule has 0 aliphatic rings. The summed E-state index contributed by atoms with van der Waals surface area (Å²) in [5, 5.41) is 0. The van der Waals surface area contributed by atoms with E-state index in [9.17, 15) is 22.0 Å². The minimum atomic E-state index is -4.69. The van der Waals surface area contributed by atoms with Crippen LogP contribution in [-0.4, -0.2) is 12.1 Å². The number of nitrogens with zero attached hydrogens (tertiary/aromatic N) is 1. The number of pyridine rings is 1. The Balaban J connectivity index is 3.37. The summed E-state index contributed by atoms with van der Waals surface area (Å²) >= 11 is 1.31. The normalized spacial score (nSPS) is 12.0. The van der Waals surface area contributed by atoms with Crippen molar-refractivity contribution < 1.29 is 26.7 Å². The molecule has 0 radical (unpaired) electrons. The molecule has 1 aromatic heterocycles. The molecule has 8 heteroatoms. The first kappa shape index (κ1) is 13.4. The molecule has 0 aromatic carbocycles. The van der Waals surface area contributed by atoms with Crippen molar-refractivity contribution >= 4 is 22.6 Å². The highest BCUT2D eigenvalue weighted by molar-refractivity contribution is 14.1. The molecule has 2 nitrogen and oxygen atoms in total. The third kappa shape index (κ3) is 2.71. The van der Waals surface area contributed by atoms with Crippen molar-refractivity contribution in [3.63, 3.8) is 0 Å². The van der Waals surface area contributed by atoms with Crippen LogP contribution in [-0.2, 0) is 6.18 Å². The zero-order valence-corrected chi connectivity index (χ0v) is 9.94. The van der Waals surface area contributed by atoms with E-state index in [1.54, 1.807) is 0 Å². The van der Waals surface area contributed by atoms with Crippen molar-refractivity contribution in [2.24, 2.45) is 0 Å². The van der Waals surface area contributed by atoms with Crippen molar-refractivity contribution in [2.45, 2.75) is 12.6 Å². The molecule has 16 heavy (non-hydrogen) atoms. The Kier molecular flexibility index (Phi) is 3.92. The third-order valence-electron chi connectivity index (χ3n) is 1.67. The molecule has 0 N–H and O–H groups in total. The van der Waals surface area contributed by atoms with E-state index in [1.165, 1.54) is 22.6 Å². The Labute approximate surface area is 101 Å². The summed E-state index contributed by atoms with van der Waals surface area (Å²) < 4.78 is 66.0. The van der Waals surface area contributed by atoms with Gasteiger partial charge in [0.25, 0.3) is 6.43 Å². The van der Waals surface area contributed by atoms with E-state index >= 15 is 0 Å². The highest BCUT2D eigenvalue weighted by Crippen LogP contribution is 2.36. The third-order valence-corrected chi connectivity index (χ3v) is 2.49. The predicted molar refractivity (Wildman–Crippen MR) is 53.5 cm³/mol. The van der Waals surface area contributed by atoms with Gasteiger partial charge in [-0.2, -0.15) is 13.2 Å². The minimum absolute atomic E-state index is 0.388. The van der Waals surface area contributed by atoms with Crippen molar-refractivity contribution in [2.75, 3.05) is 7.11 Å². The van der Waals surface area contributed by atoms with Gasteiger partial charge < -0.3 is 4.74 Å². The Bertz CT molecular complexity index is 393. The first-order valence-corrected chi connectivity index (χ1v) is 4.95. The summed E-state index contributed by atoms with van der Waals surface area (Å²) in [6.45, 7) is 0. The Morgan fingerprint density at radius 2 is 1.94 bits per heavy atom. The molecule has 0 saturated carbocycles. The monoisotopic (exact) mass is 353 g/mol. The summed E-state index contributed by atoms with van der Waals surface area (Å²) in [6, 6.07) is 0.722. The highest BCUT2D eigenvalue weighted by Gasteiger charge is 2.36. The van der Waals surface area contributed by atoms with Crippen LogP contribution in [0.1, 0.15) is 17.7 Å². The first-order chi connectivity index (χ1) is 7.27. The van der Waals surface area contributed by atoms with Crippen LogP contribution in [0.15, 0.2) is 6.07 Å². The van der Waals surface area contributed by atoms with Gasteiger partial charge in [-0.15, -0.1) is 0 Å². The molecule has 0 unspecified atom stereocenters. The molecule has 0 saturated heterocycles. The summed E-state index contributed by atoms with van der Waals surface area (Å²) in [5.74, 6) is -0.706. The van der Waals surface area contributed by atoms with Gasteiger partial charge in [-0.25, -0.2) is 13.8 Å². The van der Waals surface area contributed by atoms with Crippen LogP contribution < -0.4 is 4.74 Å². The van der Waals surface area contributed by atoms with E-state index in [-0.39, 0.29) is 3.57 Å². The van der Waals surface area contributed by atoms with Gasteiger partial charge in [0, 0.05) is 3.57 Å². The summed E-state index contributed by atoms with van der Waals surface area (Å²) in [4.78, 5) is 3.05. The quantitative estimate of drug-likeness (QED) is 0.598. The highest BCUT2D eigenvalue weighted by atomic mass is 127. The molecule has 0 aliphatic heterocycles. The summed E-state index contributed by atoms with van der Waals surface area (Å²) in [6.07, 6.45) is -7.62. The van der Waals surface area contributed by atoms with Gasteiger partial charge in [-0.1, -0.05) is 0 Å². The number of halogens is 6. The van der Waals surface area contributed by atoms with Crippen molar-refractivity contribution in [3.05, 3.63) is 20.9 Å². The molecule has 1 heterocycles. The van der Waals surface area contributed by atoms with Gasteiger partial charge in [0.2, 0.25) is 5.88 Å². The Morgan fingerprint density at radius 3 is 2.31 bits per heavy atom. The minimum Gasteiger partial charge on any atom is -0.481 e. The lowest BCUT2D eigenvalue weighted by Gasteiger charge is -2.12. The van der Waals surface area contributed by atoms with E-state index in [4.69, 9.17) is 0 Å². The van der Waals surface area contributed by atoms with Gasteiger partial charge in [0.15, 0.2) is 5.69 Å². The summed E-state index contributed by atoms with van der Waals surface area (Å²) in [5.41, 5.74) is -1.88. The van der Waals surface area contributed by atoms with Crippen LogP contribution in [0.5, 0.6) is 5.88 Å². The van der Waals surface area contributed by atoms with E-state index in [1.807, 2.05) is 0 Å². The van der Waals surface area contributed by atoms with Crippen LogP contribution in [0.2, 0.25) is 0 Å². The molecule has 0 atom stereocenters. The van der Waals surface area contributed by atoms with E-state index < -0.39 is 29.7 Å². The lowest BCUT2D eigenvalue weighted by Crippen LogP contribution is -2.12. The van der Waals surface area contributed by atoms with Crippen LogP contribution in [0.25, 0.3) is 0 Å². The average molecular weight is 353 g/mol. The molecule has 1 aromatic rings. The standard InChI is InChI=1S/C8H5F5INO/c1-16-7-3(6(9)10)2-4(14)5(15-7)8(11,12)13/h2,6H,1H3. The van der Waals surface area contributed by atoms with Crippen LogP contribution in [0, 0.1) is 3.57 Å². The largest absolute Gasteiger partial charge is 0.481 e. The lowest BCUT2D eigenvalue weighted by atomic mass is 10.2. The number of aromatic nitrogens is 1. The number of rotatable bonds is 2. The Morgan fingerprint density at radius 1 is 1.38 bits per heavy atom. The molecule has 0 aliphatic carbocycles. The maximum absolute atomic E-state index is 12.4. The second-order valence-electron chi connectivity index (χ2n) is 2.72. The number of hydrogen-bond acceptors (Lipinski definition) is 2. The fourth-order valence-electron chi connectivity index (χ4n) is 1.00. The average Bonchev–Trinajstić information content (AvgIpc) is 2.15. The zero-order valence-electron chi connectivity index (χ0n) is 7.78. The molecule has 0 spiro atoms. The summed E-state index contributed by atoms with van der Waals surface area (Å²) in [7, 11) is 0.987. The predicted octanol–water partition coefficient (Wildman–Crippen LogP) is 3.65. The van der Waals surface area contributed by atoms with Crippen molar-refractivity contribution in [1.82, 2.24) is 4.98 Å². The number of methoxy groups -OCH3 is 1. The fraction of sp³-hybridized carbons (Fsp3) is 0.375. The van der Waals surface area contributed by atoms with Crippen LogP contribution in [0.3, 0.4) is 0 Å². The molecular weight excluding hydrogens is 348 g/mol. The molecule has 1 rings (SSSR count). The molecule has 0 fully saturated rings. The molecule has 90 valence electrons. The van der Waals surface area contributed by atoms with Gasteiger partial charge in [0.05, 0.1) is 12.7 Å². The second kappa shape index (κ2) is 4.68. The smallest absolute Gasteiger partial charge is 0.434 e. The molecule has 0 bridgehead atoms. The Hall–Kier alpha value is -0.670. The molecular formula is C8H5F5INO. The lowest BCUT2D eigenvalue weighted by molar-refractivity contribution is -0.142. The van der Waals surface area contributed by atoms with Gasteiger partial charge in [-0.05, 0) is 28.7 Å². The first-order valence-electron chi connectivity index (χ1n) is 3.87. The maximum Gasteiger partial charge on any atom is 0.434 e. The number of ether oxygens (including phenoxy) is 1. The van der Waals surface area contributed by atoms with E-state index in [0.717, 1.165) is 13.2 Å².